The first kappa shape index (κ1) is 21.9. The van der Waals surface area contributed by atoms with E-state index in [0.717, 1.165) is 54.5 Å². The van der Waals surface area contributed by atoms with Crippen molar-refractivity contribution in [2.75, 3.05) is 38.3 Å². The van der Waals surface area contributed by atoms with Crippen molar-refractivity contribution < 1.29 is 9.53 Å². The second-order valence-electron chi connectivity index (χ2n) is 8.46. The third-order valence-electron chi connectivity index (χ3n) is 6.10. The van der Waals surface area contributed by atoms with Crippen LogP contribution in [0.5, 0.6) is 0 Å². The Morgan fingerprint density at radius 2 is 1.53 bits per heavy atom. The number of nitrogens with zero attached hydrogens (tertiary/aromatic N) is 4. The van der Waals surface area contributed by atoms with E-state index >= 15 is 0 Å². The highest BCUT2D eigenvalue weighted by molar-refractivity contribution is 5.94. The molecule has 1 aromatic heterocycles. The monoisotopic (exact) mass is 452 g/mol. The molecule has 1 aliphatic rings. The SMILES string of the molecule is CN(Cc1cn(-c2ccccc2)nc1-c1ccccc1)C(=O)c1ccc(N2CCOCC2)cc1. The van der Waals surface area contributed by atoms with Gasteiger partial charge in [-0.25, -0.2) is 4.68 Å². The van der Waals surface area contributed by atoms with Gasteiger partial charge in [-0.2, -0.15) is 5.10 Å². The van der Waals surface area contributed by atoms with Crippen LogP contribution in [0.1, 0.15) is 15.9 Å². The molecule has 172 valence electrons. The summed E-state index contributed by atoms with van der Waals surface area (Å²) >= 11 is 0. The Kier molecular flexibility index (Phi) is 6.40. The number of amides is 1. The van der Waals surface area contributed by atoms with Gasteiger partial charge in [-0.1, -0.05) is 48.5 Å². The highest BCUT2D eigenvalue weighted by Gasteiger charge is 2.18. The molecule has 0 saturated carbocycles. The van der Waals surface area contributed by atoms with Crippen molar-refractivity contribution in [3.8, 4) is 16.9 Å². The van der Waals surface area contributed by atoms with Crippen LogP contribution in [0, 0.1) is 0 Å². The third-order valence-corrected chi connectivity index (χ3v) is 6.10. The first-order valence-corrected chi connectivity index (χ1v) is 11.6. The molecule has 0 unspecified atom stereocenters. The molecule has 1 amide bonds. The van der Waals surface area contributed by atoms with Gasteiger partial charge in [0.1, 0.15) is 0 Å². The second kappa shape index (κ2) is 9.93. The van der Waals surface area contributed by atoms with Crippen molar-refractivity contribution in [1.29, 1.82) is 0 Å². The van der Waals surface area contributed by atoms with E-state index in [4.69, 9.17) is 9.84 Å². The van der Waals surface area contributed by atoms with Crippen LogP contribution in [0.15, 0.2) is 91.1 Å². The van der Waals surface area contributed by atoms with E-state index in [-0.39, 0.29) is 5.91 Å². The molecular weight excluding hydrogens is 424 g/mol. The summed E-state index contributed by atoms with van der Waals surface area (Å²) in [7, 11) is 1.84. The Balaban J connectivity index is 1.37. The number of benzene rings is 3. The van der Waals surface area contributed by atoms with Crippen molar-refractivity contribution >= 4 is 11.6 Å². The van der Waals surface area contributed by atoms with Gasteiger partial charge in [0, 0.05) is 55.3 Å². The van der Waals surface area contributed by atoms with E-state index < -0.39 is 0 Å². The molecule has 0 radical (unpaired) electrons. The largest absolute Gasteiger partial charge is 0.378 e. The summed E-state index contributed by atoms with van der Waals surface area (Å²) in [5.74, 6) is -0.0139. The number of anilines is 1. The average Bonchev–Trinajstić information content (AvgIpc) is 3.33. The zero-order valence-corrected chi connectivity index (χ0v) is 19.3. The molecule has 6 nitrogen and oxygen atoms in total. The molecule has 3 aromatic carbocycles. The van der Waals surface area contributed by atoms with Crippen molar-refractivity contribution in [2.45, 2.75) is 6.54 Å². The minimum absolute atomic E-state index is 0.0139. The molecule has 0 bridgehead atoms. The van der Waals surface area contributed by atoms with E-state index in [2.05, 4.69) is 4.90 Å². The fraction of sp³-hybridized carbons (Fsp3) is 0.214. The number of aromatic nitrogens is 2. The summed E-state index contributed by atoms with van der Waals surface area (Å²) in [6, 6.07) is 28.0. The Bertz CT molecular complexity index is 1230. The molecule has 6 heteroatoms. The molecule has 4 aromatic rings. The maximum absolute atomic E-state index is 13.2. The van der Waals surface area contributed by atoms with E-state index in [0.29, 0.717) is 12.1 Å². The molecule has 5 rings (SSSR count). The van der Waals surface area contributed by atoms with Gasteiger partial charge in [0.15, 0.2) is 0 Å². The van der Waals surface area contributed by atoms with Crippen LogP contribution in [0.25, 0.3) is 16.9 Å². The van der Waals surface area contributed by atoms with Crippen molar-refractivity contribution in [3.63, 3.8) is 0 Å². The lowest BCUT2D eigenvalue weighted by Crippen LogP contribution is -2.36. The predicted molar refractivity (Wildman–Crippen MR) is 134 cm³/mol. The summed E-state index contributed by atoms with van der Waals surface area (Å²) in [6.45, 7) is 3.69. The fourth-order valence-corrected chi connectivity index (χ4v) is 4.26. The molecular formula is C28H28N4O2. The molecule has 0 N–H and O–H groups in total. The van der Waals surface area contributed by atoms with Gasteiger partial charge in [0.2, 0.25) is 0 Å². The summed E-state index contributed by atoms with van der Waals surface area (Å²) in [6.07, 6.45) is 2.02. The van der Waals surface area contributed by atoms with E-state index in [9.17, 15) is 4.79 Å². The van der Waals surface area contributed by atoms with Crippen LogP contribution in [0.3, 0.4) is 0 Å². The third kappa shape index (κ3) is 4.72. The minimum Gasteiger partial charge on any atom is -0.378 e. The maximum atomic E-state index is 13.2. The van der Waals surface area contributed by atoms with E-state index in [1.165, 1.54) is 0 Å². The number of para-hydroxylation sites is 1. The predicted octanol–water partition coefficient (Wildman–Crippen LogP) is 4.65. The molecule has 34 heavy (non-hydrogen) atoms. The highest BCUT2D eigenvalue weighted by Crippen LogP contribution is 2.25. The molecule has 2 heterocycles. The first-order valence-electron chi connectivity index (χ1n) is 11.6. The standard InChI is InChI=1S/C28H28N4O2/c1-30(28(33)23-12-14-25(15-13-23)31-16-18-34-19-17-31)20-24-21-32(26-10-6-3-7-11-26)29-27(24)22-8-4-2-5-9-22/h2-15,21H,16-20H2,1H3. The number of morpholine rings is 1. The normalized spacial score (nSPS) is 13.6. The lowest BCUT2D eigenvalue weighted by molar-refractivity contribution is 0.0785. The minimum atomic E-state index is -0.0139. The maximum Gasteiger partial charge on any atom is 0.253 e. The van der Waals surface area contributed by atoms with Gasteiger partial charge in [-0.05, 0) is 36.4 Å². The van der Waals surface area contributed by atoms with Crippen molar-refractivity contribution in [2.24, 2.45) is 0 Å². The Morgan fingerprint density at radius 3 is 2.21 bits per heavy atom. The van der Waals surface area contributed by atoms with Gasteiger partial charge in [0.25, 0.3) is 5.91 Å². The fourth-order valence-electron chi connectivity index (χ4n) is 4.26. The summed E-state index contributed by atoms with van der Waals surface area (Å²) in [5, 5.41) is 4.86. The number of hydrogen-bond donors (Lipinski definition) is 0. The van der Waals surface area contributed by atoms with Gasteiger partial charge in [-0.15, -0.1) is 0 Å². The van der Waals surface area contributed by atoms with Crippen LogP contribution < -0.4 is 4.90 Å². The number of carbonyl (C=O) groups excluding carboxylic acids is 1. The topological polar surface area (TPSA) is 50.6 Å². The van der Waals surface area contributed by atoms with Gasteiger partial charge < -0.3 is 14.5 Å². The highest BCUT2D eigenvalue weighted by atomic mass is 16.5. The van der Waals surface area contributed by atoms with Crippen molar-refractivity contribution in [3.05, 3.63) is 102 Å². The van der Waals surface area contributed by atoms with E-state index in [1.807, 2.05) is 103 Å². The molecule has 0 atom stereocenters. The van der Waals surface area contributed by atoms with Crippen LogP contribution >= 0.6 is 0 Å². The van der Waals surface area contributed by atoms with E-state index in [1.54, 1.807) is 4.90 Å². The Labute approximate surface area is 200 Å². The number of hydrogen-bond acceptors (Lipinski definition) is 4. The van der Waals surface area contributed by atoms with Gasteiger partial charge in [0.05, 0.1) is 24.6 Å². The van der Waals surface area contributed by atoms with Gasteiger partial charge in [-0.3, -0.25) is 4.79 Å². The Hall–Kier alpha value is -3.90. The number of carbonyl (C=O) groups is 1. The van der Waals surface area contributed by atoms with Crippen LogP contribution in [-0.2, 0) is 11.3 Å². The van der Waals surface area contributed by atoms with Crippen LogP contribution in [-0.4, -0.2) is 53.9 Å². The number of rotatable bonds is 6. The molecule has 1 aliphatic heterocycles. The van der Waals surface area contributed by atoms with Crippen LogP contribution in [0.4, 0.5) is 5.69 Å². The summed E-state index contributed by atoms with van der Waals surface area (Å²) in [4.78, 5) is 17.3. The molecule has 1 fully saturated rings. The zero-order chi connectivity index (χ0) is 23.3. The summed E-state index contributed by atoms with van der Waals surface area (Å²) in [5.41, 5.74) is 5.69. The summed E-state index contributed by atoms with van der Waals surface area (Å²) < 4.78 is 7.32. The second-order valence-corrected chi connectivity index (χ2v) is 8.46. The molecule has 0 spiro atoms. The lowest BCUT2D eigenvalue weighted by atomic mass is 10.1. The lowest BCUT2D eigenvalue weighted by Gasteiger charge is -2.29. The zero-order valence-electron chi connectivity index (χ0n) is 19.3. The van der Waals surface area contributed by atoms with Gasteiger partial charge >= 0.3 is 0 Å². The quantitative estimate of drug-likeness (QED) is 0.427. The molecule has 1 saturated heterocycles. The smallest absolute Gasteiger partial charge is 0.253 e. The number of ether oxygens (including phenoxy) is 1. The van der Waals surface area contributed by atoms with Crippen molar-refractivity contribution in [1.82, 2.24) is 14.7 Å². The van der Waals surface area contributed by atoms with Crippen LogP contribution in [0.2, 0.25) is 0 Å². The Morgan fingerprint density at radius 1 is 0.882 bits per heavy atom. The molecule has 0 aliphatic carbocycles. The average molecular weight is 453 g/mol. The first-order chi connectivity index (χ1) is 16.7.